The van der Waals surface area contributed by atoms with Gasteiger partial charge in [0, 0.05) is 5.56 Å². The zero-order chi connectivity index (χ0) is 18.6. The maximum absolute atomic E-state index is 12.2. The Labute approximate surface area is 157 Å². The summed E-state index contributed by atoms with van der Waals surface area (Å²) >= 11 is 1.54. The van der Waals surface area contributed by atoms with Crippen LogP contribution < -0.4 is 10.2 Å². The number of hydrogen-bond donors (Lipinski definition) is 1. The number of methoxy groups -OCH3 is 1. The third-order valence-electron chi connectivity index (χ3n) is 4.16. The summed E-state index contributed by atoms with van der Waals surface area (Å²) in [7, 11) is 1.63. The Morgan fingerprint density at radius 3 is 2.46 bits per heavy atom. The predicted molar refractivity (Wildman–Crippen MR) is 104 cm³/mol. The summed E-state index contributed by atoms with van der Waals surface area (Å²) in [5, 5.41) is 5.36. The third kappa shape index (κ3) is 3.85. The predicted octanol–water partition coefficient (Wildman–Crippen LogP) is 3.81. The molecular formula is C20H22N2O3S. The molecule has 2 aromatic carbocycles. The molecule has 1 unspecified atom stereocenters. The van der Waals surface area contributed by atoms with Crippen LogP contribution >= 0.6 is 11.8 Å². The molecule has 6 heteroatoms. The van der Waals surface area contributed by atoms with E-state index in [1.54, 1.807) is 14.0 Å². The van der Waals surface area contributed by atoms with Gasteiger partial charge in [0.25, 0.3) is 0 Å². The van der Waals surface area contributed by atoms with Crippen LogP contribution in [0.4, 0.5) is 0 Å². The minimum absolute atomic E-state index is 0.177. The first kappa shape index (κ1) is 18.3. The summed E-state index contributed by atoms with van der Waals surface area (Å²) in [6.07, 6.45) is 0.177. The van der Waals surface area contributed by atoms with Gasteiger partial charge in [-0.05, 0) is 31.5 Å². The topological polar surface area (TPSA) is 59.9 Å². The van der Waals surface area contributed by atoms with Gasteiger partial charge in [-0.1, -0.05) is 53.7 Å². The Hall–Kier alpha value is -2.47. The zero-order valence-electron chi connectivity index (χ0n) is 15.1. The van der Waals surface area contributed by atoms with E-state index in [9.17, 15) is 4.79 Å². The van der Waals surface area contributed by atoms with E-state index in [0.717, 1.165) is 21.9 Å². The van der Waals surface area contributed by atoms with Crippen molar-refractivity contribution in [2.24, 2.45) is 5.10 Å². The number of hydrazone groups is 1. The average molecular weight is 370 g/mol. The number of carbonyl (C=O) groups is 1. The summed E-state index contributed by atoms with van der Waals surface area (Å²) < 4.78 is 10.4. The number of hydrogen-bond acceptors (Lipinski definition) is 6. The van der Waals surface area contributed by atoms with Gasteiger partial charge in [0.05, 0.1) is 20.1 Å². The number of aryl methyl sites for hydroxylation is 1. The molecule has 0 bridgehead atoms. The summed E-state index contributed by atoms with van der Waals surface area (Å²) in [5.74, 6) is 0.506. The highest BCUT2D eigenvalue weighted by Crippen LogP contribution is 2.43. The van der Waals surface area contributed by atoms with E-state index in [4.69, 9.17) is 9.47 Å². The van der Waals surface area contributed by atoms with E-state index in [0.29, 0.717) is 6.61 Å². The van der Waals surface area contributed by atoms with Gasteiger partial charge in [-0.3, -0.25) is 10.2 Å². The zero-order valence-corrected chi connectivity index (χ0v) is 15.9. The molecule has 0 saturated heterocycles. The molecule has 0 aromatic heterocycles. The van der Waals surface area contributed by atoms with Crippen LogP contribution in [0.2, 0.25) is 0 Å². The molecule has 0 fully saturated rings. The van der Waals surface area contributed by atoms with Crippen LogP contribution in [0.3, 0.4) is 0 Å². The summed E-state index contributed by atoms with van der Waals surface area (Å²) in [4.78, 5) is 11.5. The molecular weight excluding hydrogens is 348 g/mol. The molecule has 1 N–H and O–H groups in total. The van der Waals surface area contributed by atoms with E-state index < -0.39 is 4.87 Å². The van der Waals surface area contributed by atoms with Gasteiger partial charge in [-0.2, -0.15) is 5.10 Å². The largest absolute Gasteiger partial charge is 0.497 e. The maximum Gasteiger partial charge on any atom is 0.309 e. The SMILES string of the molecule is CCOC(=O)CC1(c2ccc(OC)cc2)NN=C(c2ccc(C)cc2)S1. The summed E-state index contributed by atoms with van der Waals surface area (Å²) in [5.41, 5.74) is 6.35. The van der Waals surface area contributed by atoms with Crippen molar-refractivity contribution in [3.05, 3.63) is 65.2 Å². The second-order valence-corrected chi connectivity index (χ2v) is 7.32. The molecule has 1 heterocycles. The van der Waals surface area contributed by atoms with E-state index in [1.165, 1.54) is 17.3 Å². The normalized spacial score (nSPS) is 18.8. The summed E-state index contributed by atoms with van der Waals surface area (Å²) in [6.45, 7) is 4.21. The molecule has 2 aromatic rings. The van der Waals surface area contributed by atoms with Crippen molar-refractivity contribution >= 4 is 22.8 Å². The minimum atomic E-state index is -0.696. The first-order chi connectivity index (χ1) is 12.6. The van der Waals surface area contributed by atoms with Crippen LogP contribution in [0.1, 0.15) is 30.0 Å². The molecule has 0 amide bonds. The van der Waals surface area contributed by atoms with Gasteiger partial charge < -0.3 is 9.47 Å². The van der Waals surface area contributed by atoms with Crippen LogP contribution in [-0.2, 0) is 14.4 Å². The molecule has 0 saturated carbocycles. The second-order valence-electron chi connectivity index (χ2n) is 6.03. The number of nitrogens with zero attached hydrogens (tertiary/aromatic N) is 1. The van der Waals surface area contributed by atoms with Crippen LogP contribution in [-0.4, -0.2) is 24.7 Å². The van der Waals surface area contributed by atoms with Crippen molar-refractivity contribution in [3.8, 4) is 5.75 Å². The van der Waals surface area contributed by atoms with Crippen LogP contribution in [0.15, 0.2) is 53.6 Å². The second kappa shape index (κ2) is 7.83. The lowest BCUT2D eigenvalue weighted by Gasteiger charge is -2.27. The lowest BCUT2D eigenvalue weighted by atomic mass is 10.0. The number of thioether (sulfide) groups is 1. The Balaban J connectivity index is 1.89. The highest BCUT2D eigenvalue weighted by atomic mass is 32.2. The van der Waals surface area contributed by atoms with E-state index in [2.05, 4.69) is 22.7 Å². The molecule has 136 valence electrons. The molecule has 0 radical (unpaired) electrons. The van der Waals surface area contributed by atoms with E-state index in [-0.39, 0.29) is 12.4 Å². The van der Waals surface area contributed by atoms with Crippen molar-refractivity contribution < 1.29 is 14.3 Å². The third-order valence-corrected chi connectivity index (χ3v) is 5.50. The van der Waals surface area contributed by atoms with Crippen LogP contribution in [0.25, 0.3) is 0 Å². The molecule has 0 aliphatic carbocycles. The van der Waals surface area contributed by atoms with Crippen molar-refractivity contribution in [3.63, 3.8) is 0 Å². The van der Waals surface area contributed by atoms with Gasteiger partial charge in [0.15, 0.2) is 0 Å². The average Bonchev–Trinajstić information content (AvgIpc) is 3.07. The number of nitrogens with one attached hydrogen (secondary N) is 1. The molecule has 0 spiro atoms. The number of esters is 1. The van der Waals surface area contributed by atoms with Crippen molar-refractivity contribution in [2.45, 2.75) is 25.1 Å². The first-order valence-corrected chi connectivity index (χ1v) is 9.29. The van der Waals surface area contributed by atoms with Gasteiger partial charge in [-0.25, -0.2) is 0 Å². The fourth-order valence-corrected chi connectivity index (χ4v) is 3.96. The van der Waals surface area contributed by atoms with Crippen molar-refractivity contribution in [1.82, 2.24) is 5.43 Å². The monoisotopic (exact) mass is 370 g/mol. The summed E-state index contributed by atoms with van der Waals surface area (Å²) in [6, 6.07) is 15.9. The number of benzene rings is 2. The molecule has 5 nitrogen and oxygen atoms in total. The van der Waals surface area contributed by atoms with Crippen LogP contribution in [0.5, 0.6) is 5.75 Å². The lowest BCUT2D eigenvalue weighted by molar-refractivity contribution is -0.144. The first-order valence-electron chi connectivity index (χ1n) is 8.47. The highest BCUT2D eigenvalue weighted by Gasteiger charge is 2.42. The Morgan fingerprint density at radius 1 is 1.15 bits per heavy atom. The number of rotatable bonds is 6. The van der Waals surface area contributed by atoms with Crippen LogP contribution in [0, 0.1) is 6.92 Å². The smallest absolute Gasteiger partial charge is 0.309 e. The van der Waals surface area contributed by atoms with Gasteiger partial charge >= 0.3 is 5.97 Å². The van der Waals surface area contributed by atoms with Gasteiger partial charge in [-0.15, -0.1) is 0 Å². The molecule has 1 aliphatic heterocycles. The fourth-order valence-electron chi connectivity index (χ4n) is 2.75. The van der Waals surface area contributed by atoms with E-state index >= 15 is 0 Å². The fraction of sp³-hybridized carbons (Fsp3) is 0.300. The van der Waals surface area contributed by atoms with Gasteiger partial charge in [0.2, 0.25) is 0 Å². The Bertz CT molecular complexity index is 803. The molecule has 1 atom stereocenters. The molecule has 3 rings (SSSR count). The standard InChI is InChI=1S/C20H22N2O3S/c1-4-25-18(23)13-20(16-9-11-17(24-3)12-10-16)22-21-19(26-20)15-7-5-14(2)6-8-15/h5-12,22H,4,13H2,1-3H3. The number of carbonyl (C=O) groups excluding carboxylic acids is 1. The molecule has 26 heavy (non-hydrogen) atoms. The maximum atomic E-state index is 12.2. The Morgan fingerprint density at radius 2 is 1.85 bits per heavy atom. The Kier molecular flexibility index (Phi) is 5.52. The molecule has 1 aliphatic rings. The lowest BCUT2D eigenvalue weighted by Crippen LogP contribution is -2.36. The van der Waals surface area contributed by atoms with Crippen molar-refractivity contribution in [2.75, 3.05) is 13.7 Å². The quantitative estimate of drug-likeness (QED) is 0.784. The highest BCUT2D eigenvalue weighted by molar-refractivity contribution is 8.15. The van der Waals surface area contributed by atoms with Gasteiger partial charge in [0.1, 0.15) is 15.7 Å². The van der Waals surface area contributed by atoms with E-state index in [1.807, 2.05) is 43.3 Å². The number of ether oxygens (including phenoxy) is 2. The van der Waals surface area contributed by atoms with Crippen molar-refractivity contribution in [1.29, 1.82) is 0 Å². The minimum Gasteiger partial charge on any atom is -0.497 e.